The minimum Gasteiger partial charge on any atom is -0.370 e. The molecule has 1 rings (SSSR count). The van der Waals surface area contributed by atoms with Crippen molar-refractivity contribution in [3.63, 3.8) is 0 Å². The predicted molar refractivity (Wildman–Crippen MR) is 53.5 cm³/mol. The molecule has 0 fully saturated rings. The average molecular weight is 210 g/mol. The number of primary amides is 1. The lowest BCUT2D eigenvalue weighted by atomic mass is 9.96. The van der Waals surface area contributed by atoms with Gasteiger partial charge in [-0.3, -0.25) is 19.3 Å². The lowest BCUT2D eigenvalue weighted by Crippen LogP contribution is -2.48. The van der Waals surface area contributed by atoms with E-state index in [-0.39, 0.29) is 18.2 Å². The molecule has 3 amide bonds. The Labute approximate surface area is 87.9 Å². The SMILES string of the molecule is CC(C)(CCC(N)=O)N1C(=O)C=CC1=O. The molecular formula is C10H14N2O3. The van der Waals surface area contributed by atoms with Gasteiger partial charge in [0.25, 0.3) is 11.8 Å². The first kappa shape index (κ1) is 11.4. The third-order valence-electron chi connectivity index (χ3n) is 2.40. The van der Waals surface area contributed by atoms with Crippen LogP contribution in [0.25, 0.3) is 0 Å². The van der Waals surface area contributed by atoms with Gasteiger partial charge in [-0.1, -0.05) is 0 Å². The molecule has 0 saturated carbocycles. The summed E-state index contributed by atoms with van der Waals surface area (Å²) >= 11 is 0. The summed E-state index contributed by atoms with van der Waals surface area (Å²) in [5, 5.41) is 0. The molecule has 0 aromatic rings. The average Bonchev–Trinajstić information content (AvgIpc) is 2.43. The van der Waals surface area contributed by atoms with E-state index in [4.69, 9.17) is 5.73 Å². The second-order valence-corrected chi connectivity index (χ2v) is 4.12. The van der Waals surface area contributed by atoms with Crippen molar-refractivity contribution in [1.82, 2.24) is 4.90 Å². The van der Waals surface area contributed by atoms with E-state index in [1.54, 1.807) is 13.8 Å². The largest absolute Gasteiger partial charge is 0.370 e. The van der Waals surface area contributed by atoms with E-state index in [0.29, 0.717) is 6.42 Å². The van der Waals surface area contributed by atoms with Crippen LogP contribution < -0.4 is 5.73 Å². The van der Waals surface area contributed by atoms with Crippen LogP contribution in [0, 0.1) is 0 Å². The Hall–Kier alpha value is -1.65. The maximum atomic E-state index is 11.4. The molecule has 0 saturated heterocycles. The normalized spacial score (nSPS) is 16.3. The summed E-state index contributed by atoms with van der Waals surface area (Å²) in [7, 11) is 0. The summed E-state index contributed by atoms with van der Waals surface area (Å²) in [5.41, 5.74) is 4.35. The maximum absolute atomic E-state index is 11.4. The van der Waals surface area contributed by atoms with Crippen molar-refractivity contribution in [1.29, 1.82) is 0 Å². The van der Waals surface area contributed by atoms with Gasteiger partial charge in [-0.2, -0.15) is 0 Å². The molecule has 15 heavy (non-hydrogen) atoms. The second-order valence-electron chi connectivity index (χ2n) is 4.12. The fourth-order valence-electron chi connectivity index (χ4n) is 1.54. The molecule has 0 bridgehead atoms. The van der Waals surface area contributed by atoms with Gasteiger partial charge >= 0.3 is 0 Å². The minimum atomic E-state index is -0.674. The van der Waals surface area contributed by atoms with Crippen LogP contribution in [0.15, 0.2) is 12.2 Å². The van der Waals surface area contributed by atoms with Crippen LogP contribution in [0.5, 0.6) is 0 Å². The molecule has 82 valence electrons. The zero-order chi connectivity index (χ0) is 11.6. The molecule has 0 aromatic heterocycles. The number of carbonyl (C=O) groups is 3. The zero-order valence-corrected chi connectivity index (χ0v) is 8.82. The van der Waals surface area contributed by atoms with Crippen LogP contribution in [0.1, 0.15) is 26.7 Å². The van der Waals surface area contributed by atoms with Crippen LogP contribution >= 0.6 is 0 Å². The van der Waals surface area contributed by atoms with E-state index in [1.807, 2.05) is 0 Å². The van der Waals surface area contributed by atoms with Crippen LogP contribution in [0.2, 0.25) is 0 Å². The summed E-state index contributed by atoms with van der Waals surface area (Å²) < 4.78 is 0. The molecule has 0 aromatic carbocycles. The monoisotopic (exact) mass is 210 g/mol. The van der Waals surface area contributed by atoms with Gasteiger partial charge in [-0.25, -0.2) is 0 Å². The van der Waals surface area contributed by atoms with Gasteiger partial charge in [0.2, 0.25) is 5.91 Å². The standard InChI is InChI=1S/C10H14N2O3/c1-10(2,6-5-7(11)13)12-8(14)3-4-9(12)15/h3-4H,5-6H2,1-2H3,(H2,11,13). The number of nitrogens with two attached hydrogens (primary N) is 1. The zero-order valence-electron chi connectivity index (χ0n) is 8.82. The van der Waals surface area contributed by atoms with Gasteiger partial charge < -0.3 is 5.73 Å². The molecule has 0 atom stereocenters. The molecule has 0 aliphatic carbocycles. The van der Waals surface area contributed by atoms with Crippen LogP contribution in [-0.4, -0.2) is 28.2 Å². The van der Waals surface area contributed by atoms with Crippen molar-refractivity contribution in [2.75, 3.05) is 0 Å². The lowest BCUT2D eigenvalue weighted by molar-refractivity contribution is -0.143. The molecule has 0 radical (unpaired) electrons. The number of amides is 3. The van der Waals surface area contributed by atoms with Gasteiger partial charge in [0, 0.05) is 24.1 Å². The van der Waals surface area contributed by atoms with Crippen molar-refractivity contribution in [3.8, 4) is 0 Å². The first-order chi connectivity index (χ1) is 6.84. The Kier molecular flexibility index (Phi) is 2.93. The van der Waals surface area contributed by atoms with E-state index in [0.717, 1.165) is 4.90 Å². The minimum absolute atomic E-state index is 0.157. The van der Waals surface area contributed by atoms with Crippen molar-refractivity contribution in [2.45, 2.75) is 32.2 Å². The quantitative estimate of drug-likeness (QED) is 0.661. The smallest absolute Gasteiger partial charge is 0.254 e. The fourth-order valence-corrected chi connectivity index (χ4v) is 1.54. The third kappa shape index (κ3) is 2.43. The van der Waals surface area contributed by atoms with Crippen LogP contribution in [-0.2, 0) is 14.4 Å². The fraction of sp³-hybridized carbons (Fsp3) is 0.500. The highest BCUT2D eigenvalue weighted by molar-refractivity contribution is 6.13. The van der Waals surface area contributed by atoms with E-state index in [9.17, 15) is 14.4 Å². The van der Waals surface area contributed by atoms with Crippen LogP contribution in [0.3, 0.4) is 0 Å². The van der Waals surface area contributed by atoms with Crippen molar-refractivity contribution in [3.05, 3.63) is 12.2 Å². The van der Waals surface area contributed by atoms with Gasteiger partial charge in [0.05, 0.1) is 0 Å². The molecular weight excluding hydrogens is 196 g/mol. The van der Waals surface area contributed by atoms with Crippen molar-refractivity contribution in [2.24, 2.45) is 5.73 Å². The Bertz CT molecular complexity index is 327. The Morgan fingerprint density at radius 3 is 2.20 bits per heavy atom. The Balaban J connectivity index is 2.73. The molecule has 5 heteroatoms. The van der Waals surface area contributed by atoms with Gasteiger partial charge in [0.1, 0.15) is 0 Å². The number of hydrogen-bond acceptors (Lipinski definition) is 3. The molecule has 1 heterocycles. The molecule has 1 aliphatic heterocycles. The Morgan fingerprint density at radius 1 is 1.33 bits per heavy atom. The number of hydrogen-bond donors (Lipinski definition) is 1. The number of nitrogens with zero attached hydrogens (tertiary/aromatic N) is 1. The summed E-state index contributed by atoms with van der Waals surface area (Å²) in [4.78, 5) is 34.5. The molecule has 0 spiro atoms. The van der Waals surface area contributed by atoms with Gasteiger partial charge in [0.15, 0.2) is 0 Å². The topological polar surface area (TPSA) is 80.5 Å². The molecule has 5 nitrogen and oxygen atoms in total. The highest BCUT2D eigenvalue weighted by Gasteiger charge is 2.36. The third-order valence-corrected chi connectivity index (χ3v) is 2.40. The summed E-state index contributed by atoms with van der Waals surface area (Å²) in [6.07, 6.45) is 2.99. The van der Waals surface area contributed by atoms with E-state index in [1.165, 1.54) is 12.2 Å². The first-order valence-corrected chi connectivity index (χ1v) is 4.69. The van der Waals surface area contributed by atoms with Crippen LogP contribution in [0.4, 0.5) is 0 Å². The van der Waals surface area contributed by atoms with E-state index in [2.05, 4.69) is 0 Å². The molecule has 2 N–H and O–H groups in total. The summed E-state index contributed by atoms with van der Waals surface area (Å²) in [5.74, 6) is -1.11. The van der Waals surface area contributed by atoms with Crippen molar-refractivity contribution >= 4 is 17.7 Å². The molecule has 1 aliphatic rings. The Morgan fingerprint density at radius 2 is 1.80 bits per heavy atom. The van der Waals surface area contributed by atoms with Crippen molar-refractivity contribution < 1.29 is 14.4 Å². The maximum Gasteiger partial charge on any atom is 0.254 e. The summed E-state index contributed by atoms with van der Waals surface area (Å²) in [6, 6.07) is 0. The highest BCUT2D eigenvalue weighted by Crippen LogP contribution is 2.24. The summed E-state index contributed by atoms with van der Waals surface area (Å²) in [6.45, 7) is 3.47. The van der Waals surface area contributed by atoms with E-state index >= 15 is 0 Å². The first-order valence-electron chi connectivity index (χ1n) is 4.69. The second kappa shape index (κ2) is 3.84. The number of imide groups is 1. The lowest BCUT2D eigenvalue weighted by Gasteiger charge is -2.33. The van der Waals surface area contributed by atoms with E-state index < -0.39 is 11.4 Å². The predicted octanol–water partition coefficient (Wildman–Crippen LogP) is -0.0445. The number of carbonyl (C=O) groups excluding carboxylic acids is 3. The van der Waals surface area contributed by atoms with Gasteiger partial charge in [-0.05, 0) is 20.3 Å². The highest BCUT2D eigenvalue weighted by atomic mass is 16.2. The number of rotatable bonds is 4. The molecule has 0 unspecified atom stereocenters. The van der Waals surface area contributed by atoms with Gasteiger partial charge in [-0.15, -0.1) is 0 Å².